The predicted molar refractivity (Wildman–Crippen MR) is 94.7 cm³/mol. The standard InChI is InChI=1S/C17H20N2O3S2/c1-11(12-6-8-13(9-7-12)24(18,21)22)19-17(20)15-10-23-16-5-3-2-4-14(15)16/h6-11H,2-5H2,1H3,(H,19,20)(H2,18,21,22)/t11-/m0/s1. The van der Waals surface area contributed by atoms with E-state index in [2.05, 4.69) is 5.32 Å². The number of rotatable bonds is 4. The average Bonchev–Trinajstić information content (AvgIpc) is 2.98. The number of carbonyl (C=O) groups excluding carboxylic acids is 1. The molecule has 1 amide bonds. The lowest BCUT2D eigenvalue weighted by Crippen LogP contribution is -2.27. The van der Waals surface area contributed by atoms with E-state index in [1.165, 1.54) is 29.0 Å². The van der Waals surface area contributed by atoms with Crippen LogP contribution < -0.4 is 10.5 Å². The first kappa shape index (κ1) is 17.1. The normalized spacial score (nSPS) is 15.6. The summed E-state index contributed by atoms with van der Waals surface area (Å²) in [5.74, 6) is -0.0718. The molecule has 3 N–H and O–H groups in total. The highest BCUT2D eigenvalue weighted by molar-refractivity contribution is 7.89. The second kappa shape index (κ2) is 6.66. The first-order valence-electron chi connectivity index (χ1n) is 7.89. The molecule has 0 saturated carbocycles. The van der Waals surface area contributed by atoms with Crippen molar-refractivity contribution >= 4 is 27.3 Å². The summed E-state index contributed by atoms with van der Waals surface area (Å²) >= 11 is 1.67. The van der Waals surface area contributed by atoms with Crippen molar-refractivity contribution in [3.63, 3.8) is 0 Å². The first-order chi connectivity index (χ1) is 11.4. The van der Waals surface area contributed by atoms with Gasteiger partial charge < -0.3 is 5.32 Å². The molecule has 0 unspecified atom stereocenters. The van der Waals surface area contributed by atoms with Gasteiger partial charge in [-0.05, 0) is 55.9 Å². The Morgan fingerprint density at radius 1 is 1.21 bits per heavy atom. The molecular formula is C17H20N2O3S2. The van der Waals surface area contributed by atoms with Crippen molar-refractivity contribution in [2.24, 2.45) is 5.14 Å². The summed E-state index contributed by atoms with van der Waals surface area (Å²) < 4.78 is 22.6. The Bertz CT molecular complexity index is 854. The highest BCUT2D eigenvalue weighted by atomic mass is 32.2. The number of amides is 1. The van der Waals surface area contributed by atoms with Crippen LogP contribution in [0.25, 0.3) is 0 Å². The smallest absolute Gasteiger partial charge is 0.252 e. The van der Waals surface area contributed by atoms with E-state index < -0.39 is 10.0 Å². The lowest BCUT2D eigenvalue weighted by molar-refractivity contribution is 0.0939. The molecule has 0 bridgehead atoms. The summed E-state index contributed by atoms with van der Waals surface area (Å²) in [6.07, 6.45) is 4.37. The first-order valence-corrected chi connectivity index (χ1v) is 10.3. The van der Waals surface area contributed by atoms with Gasteiger partial charge in [-0.1, -0.05) is 12.1 Å². The van der Waals surface area contributed by atoms with Gasteiger partial charge in [-0.3, -0.25) is 4.79 Å². The van der Waals surface area contributed by atoms with Crippen molar-refractivity contribution in [2.75, 3.05) is 0 Å². The zero-order chi connectivity index (χ0) is 17.3. The van der Waals surface area contributed by atoms with E-state index in [9.17, 15) is 13.2 Å². The van der Waals surface area contributed by atoms with Gasteiger partial charge in [0.15, 0.2) is 0 Å². The molecule has 2 aromatic rings. The van der Waals surface area contributed by atoms with Crippen LogP contribution in [0.3, 0.4) is 0 Å². The third-order valence-electron chi connectivity index (χ3n) is 4.36. The average molecular weight is 364 g/mol. The van der Waals surface area contributed by atoms with Crippen LogP contribution >= 0.6 is 11.3 Å². The maximum atomic E-state index is 12.6. The van der Waals surface area contributed by atoms with Crippen molar-refractivity contribution in [1.82, 2.24) is 5.32 Å². The van der Waals surface area contributed by atoms with Gasteiger partial charge in [0.2, 0.25) is 10.0 Å². The summed E-state index contributed by atoms with van der Waals surface area (Å²) in [7, 11) is -3.70. The molecule has 1 atom stereocenters. The van der Waals surface area contributed by atoms with Crippen molar-refractivity contribution in [2.45, 2.75) is 43.5 Å². The van der Waals surface area contributed by atoms with E-state index in [1.807, 2.05) is 12.3 Å². The van der Waals surface area contributed by atoms with Crippen molar-refractivity contribution in [1.29, 1.82) is 0 Å². The Morgan fingerprint density at radius 2 is 1.88 bits per heavy atom. The van der Waals surface area contributed by atoms with Crippen molar-refractivity contribution in [3.8, 4) is 0 Å². The number of fused-ring (bicyclic) bond motifs is 1. The van der Waals surface area contributed by atoms with E-state index in [-0.39, 0.29) is 16.8 Å². The van der Waals surface area contributed by atoms with Gasteiger partial charge in [0, 0.05) is 10.3 Å². The summed E-state index contributed by atoms with van der Waals surface area (Å²) in [6.45, 7) is 1.88. The fourth-order valence-electron chi connectivity index (χ4n) is 2.99. The highest BCUT2D eigenvalue weighted by Gasteiger charge is 2.21. The molecule has 0 fully saturated rings. The van der Waals surface area contributed by atoms with E-state index in [1.54, 1.807) is 23.5 Å². The van der Waals surface area contributed by atoms with Crippen LogP contribution in [0.4, 0.5) is 0 Å². The van der Waals surface area contributed by atoms with Gasteiger partial charge in [0.05, 0.1) is 16.5 Å². The number of thiophene rings is 1. The molecule has 0 saturated heterocycles. The van der Waals surface area contributed by atoms with Crippen molar-refractivity contribution in [3.05, 3.63) is 51.2 Å². The van der Waals surface area contributed by atoms with Crippen molar-refractivity contribution < 1.29 is 13.2 Å². The number of nitrogens with two attached hydrogens (primary N) is 1. The molecule has 7 heteroatoms. The lowest BCUT2D eigenvalue weighted by atomic mass is 9.95. The summed E-state index contributed by atoms with van der Waals surface area (Å²) in [4.78, 5) is 14.0. The van der Waals surface area contributed by atoms with E-state index in [0.717, 1.165) is 30.4 Å². The van der Waals surface area contributed by atoms with Crippen LogP contribution in [0.15, 0.2) is 34.5 Å². The fraction of sp³-hybridized carbons (Fsp3) is 0.353. The third kappa shape index (κ3) is 3.53. The summed E-state index contributed by atoms with van der Waals surface area (Å²) in [5.41, 5.74) is 2.81. The second-order valence-electron chi connectivity index (χ2n) is 6.07. The Kier molecular flexibility index (Phi) is 4.76. The number of carbonyl (C=O) groups is 1. The number of sulfonamides is 1. The summed E-state index contributed by atoms with van der Waals surface area (Å²) in [5, 5.41) is 10.0. The van der Waals surface area contributed by atoms with Crippen LogP contribution in [0.1, 0.15) is 52.2 Å². The minimum absolute atomic E-state index is 0.0664. The molecule has 24 heavy (non-hydrogen) atoms. The van der Waals surface area contributed by atoms with E-state index in [4.69, 9.17) is 5.14 Å². The molecule has 1 aliphatic carbocycles. The molecule has 1 aliphatic rings. The maximum Gasteiger partial charge on any atom is 0.252 e. The SMILES string of the molecule is C[C@H](NC(=O)c1csc2c1CCCC2)c1ccc(S(N)(=O)=O)cc1. The summed E-state index contributed by atoms with van der Waals surface area (Å²) in [6, 6.07) is 6.05. The van der Waals surface area contributed by atoms with E-state index in [0.29, 0.717) is 0 Å². The van der Waals surface area contributed by atoms with Gasteiger partial charge in [-0.15, -0.1) is 11.3 Å². The molecular weight excluding hydrogens is 344 g/mol. The van der Waals surface area contributed by atoms with Gasteiger partial charge in [0.25, 0.3) is 5.91 Å². The molecule has 0 spiro atoms. The molecule has 1 aromatic heterocycles. The largest absolute Gasteiger partial charge is 0.345 e. The number of hydrogen-bond donors (Lipinski definition) is 2. The quantitative estimate of drug-likeness (QED) is 0.874. The molecule has 1 heterocycles. The monoisotopic (exact) mass is 364 g/mol. The fourth-order valence-corrected chi connectivity index (χ4v) is 4.63. The Morgan fingerprint density at radius 3 is 2.54 bits per heavy atom. The second-order valence-corrected chi connectivity index (χ2v) is 8.59. The molecule has 0 aliphatic heterocycles. The Balaban J connectivity index is 1.73. The van der Waals surface area contributed by atoms with Crippen LogP contribution in [-0.2, 0) is 22.9 Å². The molecule has 5 nitrogen and oxygen atoms in total. The van der Waals surface area contributed by atoms with Gasteiger partial charge in [-0.25, -0.2) is 13.6 Å². The van der Waals surface area contributed by atoms with Gasteiger partial charge in [-0.2, -0.15) is 0 Å². The topological polar surface area (TPSA) is 89.3 Å². The lowest BCUT2D eigenvalue weighted by Gasteiger charge is -2.16. The van der Waals surface area contributed by atoms with Crippen LogP contribution in [0, 0.1) is 0 Å². The van der Waals surface area contributed by atoms with Crippen LogP contribution in [-0.4, -0.2) is 14.3 Å². The number of nitrogens with one attached hydrogen (secondary N) is 1. The van der Waals surface area contributed by atoms with Gasteiger partial charge >= 0.3 is 0 Å². The Labute approximate surface area is 145 Å². The zero-order valence-electron chi connectivity index (χ0n) is 13.4. The number of benzene rings is 1. The molecule has 3 rings (SSSR count). The minimum Gasteiger partial charge on any atom is -0.345 e. The maximum absolute atomic E-state index is 12.6. The van der Waals surface area contributed by atoms with E-state index >= 15 is 0 Å². The zero-order valence-corrected chi connectivity index (χ0v) is 15.0. The van der Waals surface area contributed by atoms with Crippen LogP contribution in [0.5, 0.6) is 0 Å². The number of hydrogen-bond acceptors (Lipinski definition) is 4. The van der Waals surface area contributed by atoms with Gasteiger partial charge in [0.1, 0.15) is 0 Å². The third-order valence-corrected chi connectivity index (χ3v) is 6.38. The number of aryl methyl sites for hydroxylation is 1. The predicted octanol–water partition coefficient (Wildman–Crippen LogP) is 2.77. The Hall–Kier alpha value is -1.70. The molecule has 0 radical (unpaired) electrons. The minimum atomic E-state index is -3.70. The van der Waals surface area contributed by atoms with Crippen LogP contribution in [0.2, 0.25) is 0 Å². The number of primary sulfonamides is 1. The molecule has 128 valence electrons. The highest BCUT2D eigenvalue weighted by Crippen LogP contribution is 2.30. The molecule has 1 aromatic carbocycles.